The molecule has 1 aromatic heterocycles. The zero-order chi connectivity index (χ0) is 13.1. The van der Waals surface area contributed by atoms with Crippen molar-refractivity contribution in [3.05, 3.63) is 53.4 Å². The summed E-state index contributed by atoms with van der Waals surface area (Å²) in [4.78, 5) is 15.2. The Hall–Kier alpha value is -2.17. The predicted molar refractivity (Wildman–Crippen MR) is 64.1 cm³/mol. The van der Waals surface area contributed by atoms with Gasteiger partial charge in [0.1, 0.15) is 11.6 Å². The van der Waals surface area contributed by atoms with Crippen molar-refractivity contribution in [2.45, 2.75) is 19.9 Å². The van der Waals surface area contributed by atoms with Crippen LogP contribution in [-0.2, 0) is 13.0 Å². The number of nitrogens with zero attached hydrogens (tertiary/aromatic N) is 2. The lowest BCUT2D eigenvalue weighted by Crippen LogP contribution is -2.07. The van der Waals surface area contributed by atoms with E-state index in [0.29, 0.717) is 12.0 Å². The van der Waals surface area contributed by atoms with E-state index in [4.69, 9.17) is 5.11 Å². The molecule has 0 atom stereocenters. The summed E-state index contributed by atoms with van der Waals surface area (Å²) < 4.78 is 15.1. The van der Waals surface area contributed by atoms with Gasteiger partial charge in [-0.2, -0.15) is 0 Å². The maximum absolute atomic E-state index is 13.2. The number of hydrogen-bond acceptors (Lipinski definition) is 2. The van der Waals surface area contributed by atoms with Crippen LogP contribution in [-0.4, -0.2) is 20.6 Å². The van der Waals surface area contributed by atoms with Crippen molar-refractivity contribution in [2.75, 3.05) is 0 Å². The first-order valence-corrected chi connectivity index (χ1v) is 5.63. The molecule has 0 radical (unpaired) electrons. The number of rotatable bonds is 4. The fourth-order valence-corrected chi connectivity index (χ4v) is 1.88. The van der Waals surface area contributed by atoms with Crippen molar-refractivity contribution >= 4 is 5.97 Å². The summed E-state index contributed by atoms with van der Waals surface area (Å²) in [7, 11) is 0. The summed E-state index contributed by atoms with van der Waals surface area (Å²) in [6.07, 6.45) is 3.77. The maximum Gasteiger partial charge on any atom is 0.335 e. The minimum atomic E-state index is -1.06. The topological polar surface area (TPSA) is 55.1 Å². The predicted octanol–water partition coefficient (Wildman–Crippen LogP) is 2.33. The van der Waals surface area contributed by atoms with Crippen molar-refractivity contribution in [1.29, 1.82) is 0 Å². The number of carboxylic acids is 1. The summed E-state index contributed by atoms with van der Waals surface area (Å²) in [5.74, 6) is -0.769. The van der Waals surface area contributed by atoms with Gasteiger partial charge in [0, 0.05) is 25.4 Å². The summed E-state index contributed by atoms with van der Waals surface area (Å²) in [5.41, 5.74) is 0.547. The largest absolute Gasteiger partial charge is 0.478 e. The second-order valence-corrected chi connectivity index (χ2v) is 3.91. The first kappa shape index (κ1) is 12.3. The van der Waals surface area contributed by atoms with Crippen LogP contribution in [0.2, 0.25) is 0 Å². The second kappa shape index (κ2) is 5.00. The SMILES string of the molecule is CCn1ccnc1Cc1cc(F)ccc1C(=O)O. The molecule has 2 rings (SSSR count). The van der Waals surface area contributed by atoms with Crippen LogP contribution in [0.3, 0.4) is 0 Å². The number of benzene rings is 1. The molecule has 1 heterocycles. The molecular weight excluding hydrogens is 235 g/mol. The Bertz CT molecular complexity index is 578. The highest BCUT2D eigenvalue weighted by Gasteiger charge is 2.13. The summed E-state index contributed by atoms with van der Waals surface area (Å²) in [5, 5.41) is 9.06. The molecule has 0 aliphatic rings. The van der Waals surface area contributed by atoms with Crippen LogP contribution in [0.4, 0.5) is 4.39 Å². The van der Waals surface area contributed by atoms with Gasteiger partial charge in [-0.05, 0) is 30.7 Å². The molecule has 0 saturated carbocycles. The second-order valence-electron chi connectivity index (χ2n) is 3.91. The highest BCUT2D eigenvalue weighted by molar-refractivity contribution is 5.89. The highest BCUT2D eigenvalue weighted by Crippen LogP contribution is 2.15. The van der Waals surface area contributed by atoms with Gasteiger partial charge in [-0.3, -0.25) is 0 Å². The molecule has 4 nitrogen and oxygen atoms in total. The van der Waals surface area contributed by atoms with E-state index >= 15 is 0 Å². The number of aryl methyl sites for hydroxylation is 1. The molecule has 0 aliphatic heterocycles. The van der Waals surface area contributed by atoms with Gasteiger partial charge in [0.15, 0.2) is 0 Å². The van der Waals surface area contributed by atoms with Crippen molar-refractivity contribution in [2.24, 2.45) is 0 Å². The van der Waals surface area contributed by atoms with Gasteiger partial charge in [0.2, 0.25) is 0 Å². The Morgan fingerprint density at radius 2 is 2.28 bits per heavy atom. The standard InChI is InChI=1S/C13H13FN2O2/c1-2-16-6-5-15-12(16)8-9-7-10(14)3-4-11(9)13(17)18/h3-7H,2,8H2,1H3,(H,17,18). The average molecular weight is 248 g/mol. The van der Waals surface area contributed by atoms with E-state index in [1.165, 1.54) is 12.1 Å². The zero-order valence-corrected chi connectivity index (χ0v) is 9.93. The third-order valence-electron chi connectivity index (χ3n) is 2.79. The molecule has 1 N–H and O–H groups in total. The fourth-order valence-electron chi connectivity index (χ4n) is 1.88. The molecule has 94 valence electrons. The highest BCUT2D eigenvalue weighted by atomic mass is 19.1. The van der Waals surface area contributed by atoms with Crippen LogP contribution >= 0.6 is 0 Å². The van der Waals surface area contributed by atoms with Gasteiger partial charge >= 0.3 is 5.97 Å². The Morgan fingerprint density at radius 1 is 1.50 bits per heavy atom. The van der Waals surface area contributed by atoms with Crippen molar-refractivity contribution in [3.8, 4) is 0 Å². The van der Waals surface area contributed by atoms with E-state index in [1.54, 1.807) is 6.20 Å². The summed E-state index contributed by atoms with van der Waals surface area (Å²) in [6.45, 7) is 2.71. The Morgan fingerprint density at radius 3 is 2.94 bits per heavy atom. The zero-order valence-electron chi connectivity index (χ0n) is 9.93. The Kier molecular flexibility index (Phi) is 3.41. The number of hydrogen-bond donors (Lipinski definition) is 1. The number of halogens is 1. The van der Waals surface area contributed by atoms with Crippen LogP contribution in [0, 0.1) is 5.82 Å². The number of carboxylic acid groups (broad SMARTS) is 1. The molecular formula is C13H13FN2O2. The van der Waals surface area contributed by atoms with Gasteiger partial charge in [0.25, 0.3) is 0 Å². The molecule has 18 heavy (non-hydrogen) atoms. The van der Waals surface area contributed by atoms with Crippen LogP contribution in [0.5, 0.6) is 0 Å². The lowest BCUT2D eigenvalue weighted by atomic mass is 10.0. The van der Waals surface area contributed by atoms with Crippen molar-refractivity contribution in [3.63, 3.8) is 0 Å². The van der Waals surface area contributed by atoms with Gasteiger partial charge in [-0.25, -0.2) is 14.2 Å². The molecule has 0 amide bonds. The van der Waals surface area contributed by atoms with E-state index in [2.05, 4.69) is 4.98 Å². The molecule has 0 bridgehead atoms. The molecule has 2 aromatic rings. The molecule has 0 saturated heterocycles. The number of aromatic carboxylic acids is 1. The monoisotopic (exact) mass is 248 g/mol. The molecule has 1 aromatic carbocycles. The van der Waals surface area contributed by atoms with Crippen LogP contribution in [0.25, 0.3) is 0 Å². The maximum atomic E-state index is 13.2. The minimum Gasteiger partial charge on any atom is -0.478 e. The van der Waals surface area contributed by atoms with E-state index in [-0.39, 0.29) is 5.56 Å². The van der Waals surface area contributed by atoms with Crippen molar-refractivity contribution in [1.82, 2.24) is 9.55 Å². The smallest absolute Gasteiger partial charge is 0.335 e. The van der Waals surface area contributed by atoms with Gasteiger partial charge in [-0.15, -0.1) is 0 Å². The van der Waals surface area contributed by atoms with Crippen LogP contribution < -0.4 is 0 Å². The van der Waals surface area contributed by atoms with Gasteiger partial charge < -0.3 is 9.67 Å². The lowest BCUT2D eigenvalue weighted by molar-refractivity contribution is 0.0696. The number of aromatic nitrogens is 2. The number of imidazole rings is 1. The van der Waals surface area contributed by atoms with Crippen LogP contribution in [0.1, 0.15) is 28.7 Å². The van der Waals surface area contributed by atoms with E-state index in [1.807, 2.05) is 17.7 Å². The van der Waals surface area contributed by atoms with Gasteiger partial charge in [-0.1, -0.05) is 0 Å². The first-order chi connectivity index (χ1) is 8.61. The Balaban J connectivity index is 2.39. The molecule has 0 fully saturated rings. The summed E-state index contributed by atoms with van der Waals surface area (Å²) in [6, 6.07) is 3.68. The van der Waals surface area contributed by atoms with E-state index in [0.717, 1.165) is 18.4 Å². The normalized spacial score (nSPS) is 10.6. The lowest BCUT2D eigenvalue weighted by Gasteiger charge is -2.08. The molecule has 0 aliphatic carbocycles. The molecule has 5 heteroatoms. The number of carbonyl (C=O) groups is 1. The van der Waals surface area contributed by atoms with Gasteiger partial charge in [0.05, 0.1) is 5.56 Å². The van der Waals surface area contributed by atoms with Crippen LogP contribution in [0.15, 0.2) is 30.6 Å². The fraction of sp³-hybridized carbons (Fsp3) is 0.231. The summed E-state index contributed by atoms with van der Waals surface area (Å²) >= 11 is 0. The minimum absolute atomic E-state index is 0.113. The molecule has 0 unspecified atom stereocenters. The van der Waals surface area contributed by atoms with E-state index in [9.17, 15) is 9.18 Å². The quantitative estimate of drug-likeness (QED) is 0.903. The average Bonchev–Trinajstić information content (AvgIpc) is 2.76. The first-order valence-electron chi connectivity index (χ1n) is 5.63. The third-order valence-corrected chi connectivity index (χ3v) is 2.79. The molecule has 0 spiro atoms. The Labute approximate surface area is 104 Å². The van der Waals surface area contributed by atoms with Crippen molar-refractivity contribution < 1.29 is 14.3 Å². The third kappa shape index (κ3) is 2.40. The van der Waals surface area contributed by atoms with E-state index < -0.39 is 11.8 Å².